The maximum absolute atomic E-state index is 12.1. The van der Waals surface area contributed by atoms with Crippen molar-refractivity contribution >= 4 is 11.7 Å². The van der Waals surface area contributed by atoms with Crippen LogP contribution in [0.25, 0.3) is 0 Å². The van der Waals surface area contributed by atoms with Gasteiger partial charge in [-0.05, 0) is 25.3 Å². The number of carbonyl (C=O) groups is 1. The Balaban J connectivity index is 1.96. The molecule has 0 radical (unpaired) electrons. The van der Waals surface area contributed by atoms with Gasteiger partial charge in [-0.2, -0.15) is 5.10 Å². The smallest absolute Gasteiger partial charge is 0.319 e. The van der Waals surface area contributed by atoms with Gasteiger partial charge in [-0.25, -0.2) is 4.79 Å². The summed E-state index contributed by atoms with van der Waals surface area (Å²) < 4.78 is 1.68. The molecular formula is C18H26N4O2. The van der Waals surface area contributed by atoms with Crippen LogP contribution in [-0.4, -0.2) is 27.5 Å². The molecule has 3 N–H and O–H groups in total. The summed E-state index contributed by atoms with van der Waals surface area (Å²) in [4.78, 5) is 12.1. The Labute approximate surface area is 142 Å². The average molecular weight is 330 g/mol. The van der Waals surface area contributed by atoms with Gasteiger partial charge in [0.05, 0.1) is 17.5 Å². The fourth-order valence-corrected chi connectivity index (χ4v) is 2.70. The van der Waals surface area contributed by atoms with E-state index in [0.29, 0.717) is 5.69 Å². The Morgan fingerprint density at radius 1 is 1.25 bits per heavy atom. The standard InChI is InChI=1S/C18H26N4O2/c1-11(2)17-15(10-22(5)21-17)20-18(24)19-9-16(23)14-7-12(3)6-13(4)8-14/h6-8,10-11,16,23H,9H2,1-5H3,(H2,19,20,24). The summed E-state index contributed by atoms with van der Waals surface area (Å²) in [5.41, 5.74) is 4.50. The lowest BCUT2D eigenvalue weighted by atomic mass is 10.0. The fourth-order valence-electron chi connectivity index (χ4n) is 2.70. The SMILES string of the molecule is Cc1cc(C)cc(C(O)CNC(=O)Nc2cn(C)nc2C(C)C)c1. The van der Waals surface area contributed by atoms with Crippen molar-refractivity contribution in [2.24, 2.45) is 7.05 Å². The number of urea groups is 1. The number of nitrogens with one attached hydrogen (secondary N) is 2. The number of carbonyl (C=O) groups excluding carboxylic acids is 1. The summed E-state index contributed by atoms with van der Waals surface area (Å²) in [6.07, 6.45) is 1.03. The second kappa shape index (κ2) is 7.49. The molecule has 1 aromatic carbocycles. The van der Waals surface area contributed by atoms with Crippen molar-refractivity contribution in [3.63, 3.8) is 0 Å². The third kappa shape index (κ3) is 4.58. The van der Waals surface area contributed by atoms with Gasteiger partial charge in [-0.3, -0.25) is 4.68 Å². The minimum absolute atomic E-state index is 0.145. The predicted molar refractivity (Wildman–Crippen MR) is 95.2 cm³/mol. The molecule has 24 heavy (non-hydrogen) atoms. The summed E-state index contributed by atoms with van der Waals surface area (Å²) in [5.74, 6) is 0.211. The Morgan fingerprint density at radius 2 is 1.88 bits per heavy atom. The minimum atomic E-state index is -0.743. The number of aliphatic hydroxyl groups is 1. The van der Waals surface area contributed by atoms with Gasteiger partial charge < -0.3 is 15.7 Å². The molecule has 0 saturated carbocycles. The molecule has 6 heteroatoms. The van der Waals surface area contributed by atoms with E-state index in [9.17, 15) is 9.90 Å². The Hall–Kier alpha value is -2.34. The first-order chi connectivity index (χ1) is 11.3. The molecule has 1 unspecified atom stereocenters. The zero-order chi connectivity index (χ0) is 17.9. The van der Waals surface area contributed by atoms with E-state index < -0.39 is 6.10 Å². The number of hydrogen-bond acceptors (Lipinski definition) is 3. The number of amides is 2. The van der Waals surface area contributed by atoms with Crippen molar-refractivity contribution in [1.29, 1.82) is 0 Å². The first-order valence-electron chi connectivity index (χ1n) is 8.11. The number of nitrogens with zero attached hydrogens (tertiary/aromatic N) is 2. The van der Waals surface area contributed by atoms with Crippen LogP contribution in [0.3, 0.4) is 0 Å². The summed E-state index contributed by atoms with van der Waals surface area (Å²) in [6, 6.07) is 5.55. The van der Waals surface area contributed by atoms with Crippen molar-refractivity contribution < 1.29 is 9.90 Å². The van der Waals surface area contributed by atoms with Gasteiger partial charge >= 0.3 is 6.03 Å². The number of rotatable bonds is 5. The van der Waals surface area contributed by atoms with Crippen molar-refractivity contribution in [1.82, 2.24) is 15.1 Å². The highest BCUT2D eigenvalue weighted by Gasteiger charge is 2.15. The van der Waals surface area contributed by atoms with Gasteiger partial charge in [0.25, 0.3) is 0 Å². The van der Waals surface area contributed by atoms with E-state index in [-0.39, 0.29) is 18.5 Å². The highest BCUT2D eigenvalue weighted by Crippen LogP contribution is 2.22. The number of aryl methyl sites for hydroxylation is 3. The normalized spacial score (nSPS) is 12.3. The molecular weight excluding hydrogens is 304 g/mol. The summed E-state index contributed by atoms with van der Waals surface area (Å²) in [6.45, 7) is 8.16. The minimum Gasteiger partial charge on any atom is -0.387 e. The highest BCUT2D eigenvalue weighted by molar-refractivity contribution is 5.89. The lowest BCUT2D eigenvalue weighted by molar-refractivity contribution is 0.175. The summed E-state index contributed by atoms with van der Waals surface area (Å²) in [7, 11) is 1.82. The van der Waals surface area contributed by atoms with Crippen LogP contribution in [0.5, 0.6) is 0 Å². The third-order valence-electron chi connectivity index (χ3n) is 3.74. The molecule has 2 amide bonds. The van der Waals surface area contributed by atoms with Crippen molar-refractivity contribution in [3.8, 4) is 0 Å². The van der Waals surface area contributed by atoms with Crippen LogP contribution in [0, 0.1) is 13.8 Å². The number of anilines is 1. The van der Waals surface area contributed by atoms with Gasteiger partial charge in [0.1, 0.15) is 0 Å². The number of hydrogen-bond donors (Lipinski definition) is 3. The Kier molecular flexibility index (Phi) is 5.62. The van der Waals surface area contributed by atoms with Crippen LogP contribution in [0.2, 0.25) is 0 Å². The molecule has 0 bridgehead atoms. The molecule has 0 aliphatic carbocycles. The van der Waals surface area contributed by atoms with E-state index in [0.717, 1.165) is 22.4 Å². The van der Waals surface area contributed by atoms with Crippen molar-refractivity contribution in [2.75, 3.05) is 11.9 Å². The largest absolute Gasteiger partial charge is 0.387 e. The lowest BCUT2D eigenvalue weighted by Crippen LogP contribution is -2.32. The van der Waals surface area contributed by atoms with E-state index in [1.165, 1.54) is 0 Å². The van der Waals surface area contributed by atoms with Crippen LogP contribution < -0.4 is 10.6 Å². The molecule has 2 rings (SSSR count). The van der Waals surface area contributed by atoms with Crippen LogP contribution >= 0.6 is 0 Å². The van der Waals surface area contributed by atoms with E-state index in [4.69, 9.17) is 0 Å². The molecule has 0 aliphatic heterocycles. The molecule has 0 spiro atoms. The Bertz CT molecular complexity index is 702. The molecule has 0 fully saturated rings. The van der Waals surface area contributed by atoms with Crippen molar-refractivity contribution in [3.05, 3.63) is 46.8 Å². The maximum atomic E-state index is 12.1. The van der Waals surface area contributed by atoms with Crippen LogP contribution in [0.1, 0.15) is 48.3 Å². The molecule has 1 aromatic heterocycles. The third-order valence-corrected chi connectivity index (χ3v) is 3.74. The van der Waals surface area contributed by atoms with E-state index in [1.54, 1.807) is 10.9 Å². The summed E-state index contributed by atoms with van der Waals surface area (Å²) in [5, 5.41) is 20.1. The van der Waals surface area contributed by atoms with Gasteiger partial charge in [0.2, 0.25) is 0 Å². The zero-order valence-electron chi connectivity index (χ0n) is 14.9. The number of benzene rings is 1. The molecule has 1 heterocycles. The van der Waals surface area contributed by atoms with Crippen LogP contribution in [-0.2, 0) is 7.05 Å². The molecule has 1 atom stereocenters. The topological polar surface area (TPSA) is 79.2 Å². The maximum Gasteiger partial charge on any atom is 0.319 e. The van der Waals surface area contributed by atoms with E-state index in [1.807, 2.05) is 52.9 Å². The molecule has 2 aromatic rings. The molecule has 130 valence electrons. The molecule has 0 saturated heterocycles. The first kappa shape index (κ1) is 18.0. The molecule has 0 aliphatic rings. The number of aliphatic hydroxyl groups excluding tert-OH is 1. The Morgan fingerprint density at radius 3 is 2.46 bits per heavy atom. The van der Waals surface area contributed by atoms with E-state index >= 15 is 0 Å². The van der Waals surface area contributed by atoms with Gasteiger partial charge in [-0.15, -0.1) is 0 Å². The van der Waals surface area contributed by atoms with Gasteiger partial charge in [0, 0.05) is 19.8 Å². The number of aromatic nitrogens is 2. The lowest BCUT2D eigenvalue weighted by Gasteiger charge is -2.14. The van der Waals surface area contributed by atoms with E-state index in [2.05, 4.69) is 15.7 Å². The van der Waals surface area contributed by atoms with Gasteiger partial charge in [-0.1, -0.05) is 43.2 Å². The fraction of sp³-hybridized carbons (Fsp3) is 0.444. The quantitative estimate of drug-likeness (QED) is 0.788. The second-order valence-corrected chi connectivity index (χ2v) is 6.53. The van der Waals surface area contributed by atoms with Crippen LogP contribution in [0.15, 0.2) is 24.4 Å². The first-order valence-corrected chi connectivity index (χ1v) is 8.11. The predicted octanol–water partition coefficient (Wildman–Crippen LogP) is 3.02. The summed E-state index contributed by atoms with van der Waals surface area (Å²) >= 11 is 0. The average Bonchev–Trinajstić information content (AvgIpc) is 2.84. The molecule has 6 nitrogen and oxygen atoms in total. The van der Waals surface area contributed by atoms with Crippen molar-refractivity contribution in [2.45, 2.75) is 39.7 Å². The second-order valence-electron chi connectivity index (χ2n) is 6.53. The zero-order valence-corrected chi connectivity index (χ0v) is 14.9. The monoisotopic (exact) mass is 330 g/mol. The van der Waals surface area contributed by atoms with Gasteiger partial charge in [0.15, 0.2) is 0 Å². The van der Waals surface area contributed by atoms with Crippen LogP contribution in [0.4, 0.5) is 10.5 Å². The highest BCUT2D eigenvalue weighted by atomic mass is 16.3.